The van der Waals surface area contributed by atoms with Crippen LogP contribution in [0.1, 0.15) is 147 Å². The summed E-state index contributed by atoms with van der Waals surface area (Å²) in [6, 6.07) is 1.07. The third-order valence-electron chi connectivity index (χ3n) is 10.6. The molecule has 0 aliphatic heterocycles. The molecule has 0 spiro atoms. The SMILES string of the molecule is CCCCOCC(C)OCC(C)O[Si](CCCNC)(OC(C)COC(C)COCCCC)O[Si](C)(C)O[Si](CCCNC)(OC(C)COC(C)COCCCC)OC(C)COC(C)COCCCC. The summed E-state index contributed by atoms with van der Waals surface area (Å²) in [7, 11) is -6.67. The molecule has 19 heteroatoms. The summed E-state index contributed by atoms with van der Waals surface area (Å²) in [6.45, 7) is 36.6. The van der Waals surface area contributed by atoms with Crippen molar-refractivity contribution >= 4 is 26.2 Å². The average molecular weight is 1050 g/mol. The van der Waals surface area contributed by atoms with Gasteiger partial charge in [0.15, 0.2) is 0 Å². The molecule has 0 aliphatic rings. The summed E-state index contributed by atoms with van der Waals surface area (Å²) >= 11 is 0. The van der Waals surface area contributed by atoms with Crippen LogP contribution in [-0.4, -0.2) is 181 Å². The maximum Gasteiger partial charge on any atom is 0.492 e. The zero-order chi connectivity index (χ0) is 51.8. The minimum absolute atomic E-state index is 0.110. The van der Waals surface area contributed by atoms with Crippen molar-refractivity contribution in [2.24, 2.45) is 0 Å². The zero-order valence-corrected chi connectivity index (χ0v) is 50.2. The molecule has 0 saturated heterocycles. The lowest BCUT2D eigenvalue weighted by Gasteiger charge is -2.43. The molecule has 69 heavy (non-hydrogen) atoms. The smallest absolute Gasteiger partial charge is 0.394 e. The fraction of sp³-hybridized carbons (Fsp3) is 1.00. The molecule has 16 nitrogen and oxygen atoms in total. The second-order valence-corrected chi connectivity index (χ2v) is 28.5. The molecule has 0 bridgehead atoms. The summed E-state index contributed by atoms with van der Waals surface area (Å²) in [5.74, 6) is 0. The van der Waals surface area contributed by atoms with Crippen LogP contribution in [0.2, 0.25) is 25.2 Å². The second-order valence-electron chi connectivity index (χ2n) is 19.4. The Hall–Kier alpha value is 0.0106. The minimum atomic E-state index is -3.63. The molecule has 0 fully saturated rings. The van der Waals surface area contributed by atoms with Crippen LogP contribution in [0.5, 0.6) is 0 Å². The van der Waals surface area contributed by atoms with E-state index in [1.165, 1.54) is 0 Å². The highest BCUT2D eigenvalue weighted by Gasteiger charge is 2.55. The molecule has 0 saturated carbocycles. The lowest BCUT2D eigenvalue weighted by molar-refractivity contribution is -0.0703. The molecule has 0 aromatic carbocycles. The Morgan fingerprint density at radius 2 is 0.594 bits per heavy atom. The number of ether oxygens (including phenoxy) is 8. The van der Waals surface area contributed by atoms with E-state index in [1.807, 2.05) is 82.6 Å². The topological polar surface area (TPSA) is 153 Å². The quantitative estimate of drug-likeness (QED) is 0.0439. The summed E-state index contributed by atoms with van der Waals surface area (Å²) in [5.41, 5.74) is 0. The van der Waals surface area contributed by atoms with Gasteiger partial charge in [-0.2, -0.15) is 0 Å². The first-order valence-electron chi connectivity index (χ1n) is 27.1. The number of hydrogen-bond donors (Lipinski definition) is 2. The van der Waals surface area contributed by atoms with Crippen LogP contribution in [0.3, 0.4) is 0 Å². The van der Waals surface area contributed by atoms with Crippen LogP contribution in [0.15, 0.2) is 0 Å². The highest BCUT2D eigenvalue weighted by atomic mass is 28.5. The van der Waals surface area contributed by atoms with Gasteiger partial charge >= 0.3 is 26.2 Å². The first-order valence-corrected chi connectivity index (χ1v) is 33.8. The van der Waals surface area contributed by atoms with E-state index in [4.69, 9.17) is 63.8 Å². The third kappa shape index (κ3) is 38.3. The molecular weight excluding hydrogens is 937 g/mol. The third-order valence-corrected chi connectivity index (χ3v) is 22.0. The molecular formula is C50H110N2O14Si3. The van der Waals surface area contributed by atoms with Gasteiger partial charge in [-0.05, 0) is 134 Å². The van der Waals surface area contributed by atoms with Crippen molar-refractivity contribution in [2.75, 3.05) is 106 Å². The normalized spacial score (nSPS) is 17.7. The molecule has 0 heterocycles. The monoisotopic (exact) mass is 1050 g/mol. The second kappa shape index (κ2) is 43.3. The molecule has 0 aromatic rings. The Bertz CT molecular complexity index is 1000. The largest absolute Gasteiger partial charge is 0.492 e. The lowest BCUT2D eigenvalue weighted by Crippen LogP contribution is -2.63. The van der Waals surface area contributed by atoms with Crippen molar-refractivity contribution in [1.82, 2.24) is 10.6 Å². The van der Waals surface area contributed by atoms with Gasteiger partial charge < -0.3 is 74.5 Å². The molecule has 0 rings (SSSR count). The maximum atomic E-state index is 7.45. The van der Waals surface area contributed by atoms with Gasteiger partial charge in [0.1, 0.15) is 0 Å². The van der Waals surface area contributed by atoms with E-state index < -0.39 is 26.2 Å². The van der Waals surface area contributed by atoms with Crippen molar-refractivity contribution in [2.45, 2.75) is 221 Å². The van der Waals surface area contributed by atoms with Crippen LogP contribution in [0.4, 0.5) is 0 Å². The predicted octanol–water partition coefficient (Wildman–Crippen LogP) is 9.33. The highest BCUT2D eigenvalue weighted by molar-refractivity contribution is 6.82. The average Bonchev–Trinajstić information content (AvgIpc) is 3.29. The number of hydrogen-bond acceptors (Lipinski definition) is 16. The maximum absolute atomic E-state index is 7.45. The van der Waals surface area contributed by atoms with Gasteiger partial charge in [0.2, 0.25) is 0 Å². The molecule has 8 atom stereocenters. The van der Waals surface area contributed by atoms with Gasteiger partial charge in [0.25, 0.3) is 0 Å². The van der Waals surface area contributed by atoms with Gasteiger partial charge in [0.05, 0.1) is 102 Å². The summed E-state index contributed by atoms with van der Waals surface area (Å²) in [5, 5.41) is 6.62. The number of rotatable bonds is 52. The Kier molecular flexibility index (Phi) is 43.3. The molecule has 0 aromatic heterocycles. The van der Waals surface area contributed by atoms with Gasteiger partial charge in [-0.15, -0.1) is 0 Å². The minimum Gasteiger partial charge on any atom is -0.394 e. The van der Waals surface area contributed by atoms with E-state index in [0.29, 0.717) is 91.4 Å². The number of unbranched alkanes of at least 4 members (excludes halogenated alkanes) is 4. The van der Waals surface area contributed by atoms with Gasteiger partial charge in [-0.3, -0.25) is 0 Å². The van der Waals surface area contributed by atoms with E-state index >= 15 is 0 Å². The van der Waals surface area contributed by atoms with Crippen molar-refractivity contribution in [1.29, 1.82) is 0 Å². The number of nitrogens with one attached hydrogen (secondary N) is 2. The van der Waals surface area contributed by atoms with Gasteiger partial charge in [0, 0.05) is 38.5 Å². The fourth-order valence-corrected chi connectivity index (χ4v) is 19.6. The summed E-state index contributed by atoms with van der Waals surface area (Å²) in [4.78, 5) is 0. The van der Waals surface area contributed by atoms with Crippen LogP contribution in [0.25, 0.3) is 0 Å². The highest BCUT2D eigenvalue weighted by Crippen LogP contribution is 2.32. The fourth-order valence-electron chi connectivity index (χ4n) is 6.96. The Morgan fingerprint density at radius 3 is 0.812 bits per heavy atom. The standard InChI is InChI=1S/C50H110N2O14Si3/c1-17-21-29-53-35-43(5)57-39-47(9)61-68(33-25-27-51-13,62-48(10)40-58-44(6)36-54-30-22-18-2)65-67(15,16)66-69(34-26-28-52-14,63-49(11)41-59-45(7)37-55-31-23-19-3)64-50(12)42-60-46(8)38-56-32-24-20-4/h43-52H,17-42H2,1-16H3. The van der Waals surface area contributed by atoms with E-state index in [1.54, 1.807) is 0 Å². The lowest BCUT2D eigenvalue weighted by atomic mass is 10.3. The zero-order valence-electron chi connectivity index (χ0n) is 47.2. The Morgan fingerprint density at radius 1 is 0.348 bits per heavy atom. The van der Waals surface area contributed by atoms with E-state index in [2.05, 4.69) is 38.3 Å². The molecule has 2 N–H and O–H groups in total. The molecule has 0 amide bonds. The van der Waals surface area contributed by atoms with Crippen LogP contribution < -0.4 is 10.6 Å². The summed E-state index contributed by atoms with van der Waals surface area (Å²) in [6.07, 6.45) is 8.01. The van der Waals surface area contributed by atoms with E-state index in [9.17, 15) is 0 Å². The molecule has 8 unspecified atom stereocenters. The van der Waals surface area contributed by atoms with Crippen molar-refractivity contribution in [3.05, 3.63) is 0 Å². The van der Waals surface area contributed by atoms with Crippen molar-refractivity contribution < 1.29 is 63.8 Å². The molecule has 0 aliphatic carbocycles. The predicted molar refractivity (Wildman–Crippen MR) is 285 cm³/mol. The van der Waals surface area contributed by atoms with E-state index in [0.717, 1.165) is 77.3 Å². The molecule has 416 valence electrons. The summed E-state index contributed by atoms with van der Waals surface area (Å²) < 4.78 is 92.1. The first kappa shape index (κ1) is 69.0. The Labute approximate surface area is 426 Å². The van der Waals surface area contributed by atoms with Gasteiger partial charge in [-0.1, -0.05) is 53.4 Å². The van der Waals surface area contributed by atoms with Crippen LogP contribution in [-0.2, 0) is 63.8 Å². The van der Waals surface area contributed by atoms with E-state index in [-0.39, 0.29) is 48.8 Å². The first-order chi connectivity index (χ1) is 32.9. The van der Waals surface area contributed by atoms with Crippen LogP contribution >= 0.6 is 0 Å². The van der Waals surface area contributed by atoms with Crippen molar-refractivity contribution in [3.63, 3.8) is 0 Å². The van der Waals surface area contributed by atoms with Gasteiger partial charge in [-0.25, -0.2) is 0 Å². The van der Waals surface area contributed by atoms with Crippen LogP contribution in [0, 0.1) is 0 Å². The van der Waals surface area contributed by atoms with Crippen molar-refractivity contribution in [3.8, 4) is 0 Å². The molecule has 0 radical (unpaired) electrons. The Balaban J connectivity index is 7.02.